The fourth-order valence-corrected chi connectivity index (χ4v) is 1.83. The van der Waals surface area contributed by atoms with Crippen LogP contribution in [0.3, 0.4) is 0 Å². The van der Waals surface area contributed by atoms with Gasteiger partial charge in [0.15, 0.2) is 5.75 Å². The van der Waals surface area contributed by atoms with E-state index in [0.717, 1.165) is 9.26 Å². The van der Waals surface area contributed by atoms with Crippen LogP contribution in [0.25, 0.3) is 0 Å². The van der Waals surface area contributed by atoms with Crippen LogP contribution in [0.5, 0.6) is 5.75 Å². The minimum atomic E-state index is -0.104. The van der Waals surface area contributed by atoms with Gasteiger partial charge in [-0.25, -0.2) is 0 Å². The monoisotopic (exact) mass is 341 g/mol. The average Bonchev–Trinajstić information content (AvgIpc) is 2.36. The maximum Gasteiger partial charge on any atom is 0.293 e. The molecule has 0 spiro atoms. The molecule has 0 aliphatic rings. The third-order valence-corrected chi connectivity index (χ3v) is 3.53. The molecule has 3 nitrogen and oxygen atoms in total. The summed E-state index contributed by atoms with van der Waals surface area (Å²) in [7, 11) is 1.74. The van der Waals surface area contributed by atoms with E-state index in [4.69, 9.17) is 4.74 Å². The van der Waals surface area contributed by atoms with Gasteiger partial charge in [-0.2, -0.15) is 0 Å². The van der Waals surface area contributed by atoms with E-state index < -0.39 is 0 Å². The molecule has 1 heterocycles. The molecule has 2 rings (SSSR count). The fraction of sp³-hybridized carbons (Fsp3) is 0.154. The Balaban J connectivity index is 2.16. The first-order valence-electron chi connectivity index (χ1n) is 5.21. The highest BCUT2D eigenvalue weighted by Crippen LogP contribution is 2.09. The van der Waals surface area contributed by atoms with Gasteiger partial charge >= 0.3 is 0 Å². The lowest BCUT2D eigenvalue weighted by molar-refractivity contribution is 0.299. The summed E-state index contributed by atoms with van der Waals surface area (Å²) in [6, 6.07) is 13.4. The van der Waals surface area contributed by atoms with E-state index in [2.05, 4.69) is 22.6 Å². The highest BCUT2D eigenvalue weighted by atomic mass is 127. The van der Waals surface area contributed by atoms with E-state index >= 15 is 0 Å². The van der Waals surface area contributed by atoms with E-state index in [1.165, 1.54) is 0 Å². The molecule has 0 unspecified atom stereocenters. The molecule has 0 bridgehead atoms. The normalized spacial score (nSPS) is 10.2. The predicted molar refractivity (Wildman–Crippen MR) is 75.2 cm³/mol. The Kier molecular flexibility index (Phi) is 3.83. The third-order valence-electron chi connectivity index (χ3n) is 2.45. The number of hydrogen-bond acceptors (Lipinski definition) is 2. The van der Waals surface area contributed by atoms with E-state index in [1.807, 2.05) is 36.4 Å². The standard InChI is InChI=1S/C13H12INO2/c1-15-12(14)8-7-11(13(15)16)17-9-10-5-3-2-4-6-10/h2-8H,9H2,1H3. The first-order chi connectivity index (χ1) is 8.18. The van der Waals surface area contributed by atoms with Crippen molar-refractivity contribution in [2.75, 3.05) is 0 Å². The second-order valence-electron chi connectivity index (χ2n) is 3.66. The van der Waals surface area contributed by atoms with Crippen molar-refractivity contribution in [2.45, 2.75) is 6.61 Å². The molecule has 1 aromatic carbocycles. The molecule has 0 aliphatic heterocycles. The Hall–Kier alpha value is -1.30. The third kappa shape index (κ3) is 2.88. The number of hydrogen-bond donors (Lipinski definition) is 0. The van der Waals surface area contributed by atoms with Crippen LogP contribution in [0, 0.1) is 3.70 Å². The van der Waals surface area contributed by atoms with Gasteiger partial charge in [-0.15, -0.1) is 0 Å². The summed E-state index contributed by atoms with van der Waals surface area (Å²) in [6.07, 6.45) is 0. The van der Waals surface area contributed by atoms with Crippen LogP contribution in [-0.2, 0) is 13.7 Å². The molecule has 0 N–H and O–H groups in total. The largest absolute Gasteiger partial charge is 0.483 e. The summed E-state index contributed by atoms with van der Waals surface area (Å²) in [4.78, 5) is 11.8. The van der Waals surface area contributed by atoms with Crippen molar-refractivity contribution in [3.05, 3.63) is 62.1 Å². The molecule has 1 aromatic heterocycles. The maximum absolute atomic E-state index is 11.8. The van der Waals surface area contributed by atoms with Gasteiger partial charge in [-0.05, 0) is 40.3 Å². The zero-order chi connectivity index (χ0) is 12.3. The zero-order valence-electron chi connectivity index (χ0n) is 9.39. The van der Waals surface area contributed by atoms with Gasteiger partial charge in [0.25, 0.3) is 5.56 Å². The minimum absolute atomic E-state index is 0.104. The van der Waals surface area contributed by atoms with Gasteiger partial charge in [0.1, 0.15) is 6.61 Å². The molecule has 0 fully saturated rings. The lowest BCUT2D eigenvalue weighted by Crippen LogP contribution is -2.20. The van der Waals surface area contributed by atoms with Crippen LogP contribution in [0.1, 0.15) is 5.56 Å². The molecular weight excluding hydrogens is 329 g/mol. The molecule has 88 valence electrons. The van der Waals surface area contributed by atoms with Gasteiger partial charge < -0.3 is 9.30 Å². The molecule has 0 aliphatic carbocycles. The van der Waals surface area contributed by atoms with Crippen molar-refractivity contribution in [1.82, 2.24) is 4.57 Å². The number of aromatic nitrogens is 1. The number of rotatable bonds is 3. The van der Waals surface area contributed by atoms with Crippen LogP contribution in [0.2, 0.25) is 0 Å². The van der Waals surface area contributed by atoms with Gasteiger partial charge in [0.2, 0.25) is 0 Å². The number of nitrogens with zero attached hydrogens (tertiary/aromatic N) is 1. The minimum Gasteiger partial charge on any atom is -0.483 e. The summed E-state index contributed by atoms with van der Waals surface area (Å²) in [5.41, 5.74) is 0.945. The number of halogens is 1. The van der Waals surface area contributed by atoms with Crippen LogP contribution < -0.4 is 10.3 Å². The molecule has 2 aromatic rings. The van der Waals surface area contributed by atoms with Crippen molar-refractivity contribution in [3.63, 3.8) is 0 Å². The molecule has 4 heteroatoms. The van der Waals surface area contributed by atoms with Crippen LogP contribution in [0.15, 0.2) is 47.3 Å². The SMILES string of the molecule is Cn1c(I)ccc(OCc2ccccc2)c1=O. The number of pyridine rings is 1. The summed E-state index contributed by atoms with van der Waals surface area (Å²) in [5.74, 6) is 0.386. The lowest BCUT2D eigenvalue weighted by atomic mass is 10.2. The molecule has 0 saturated heterocycles. The fourth-order valence-electron chi connectivity index (χ4n) is 1.44. The Morgan fingerprint density at radius 2 is 1.88 bits per heavy atom. The van der Waals surface area contributed by atoms with E-state index in [0.29, 0.717) is 12.4 Å². The van der Waals surface area contributed by atoms with Crippen LogP contribution >= 0.6 is 22.6 Å². The van der Waals surface area contributed by atoms with Crippen molar-refractivity contribution in [3.8, 4) is 5.75 Å². The average molecular weight is 341 g/mol. The Morgan fingerprint density at radius 3 is 2.59 bits per heavy atom. The quantitative estimate of drug-likeness (QED) is 0.635. The zero-order valence-corrected chi connectivity index (χ0v) is 11.5. The lowest BCUT2D eigenvalue weighted by Gasteiger charge is -2.08. The summed E-state index contributed by atoms with van der Waals surface area (Å²) in [6.45, 7) is 0.413. The van der Waals surface area contributed by atoms with Gasteiger partial charge in [0.05, 0.1) is 3.70 Å². The second kappa shape index (κ2) is 5.35. The maximum atomic E-state index is 11.8. The smallest absolute Gasteiger partial charge is 0.293 e. The van der Waals surface area contributed by atoms with Gasteiger partial charge in [0, 0.05) is 7.05 Å². The van der Waals surface area contributed by atoms with E-state index in [1.54, 1.807) is 17.7 Å². The summed E-state index contributed by atoms with van der Waals surface area (Å²) < 4.78 is 7.98. The molecule has 0 amide bonds. The Bertz CT molecular complexity index is 563. The van der Waals surface area contributed by atoms with Crippen LogP contribution in [0.4, 0.5) is 0 Å². The van der Waals surface area contributed by atoms with Crippen molar-refractivity contribution < 1.29 is 4.74 Å². The Labute approximate surface area is 113 Å². The highest BCUT2D eigenvalue weighted by molar-refractivity contribution is 14.1. The second-order valence-corrected chi connectivity index (χ2v) is 4.76. The first-order valence-corrected chi connectivity index (χ1v) is 6.28. The first kappa shape index (κ1) is 12.2. The Morgan fingerprint density at radius 1 is 1.18 bits per heavy atom. The van der Waals surface area contributed by atoms with E-state index in [-0.39, 0.29) is 5.56 Å². The summed E-state index contributed by atoms with van der Waals surface area (Å²) >= 11 is 2.11. The van der Waals surface area contributed by atoms with Crippen molar-refractivity contribution in [2.24, 2.45) is 7.05 Å². The summed E-state index contributed by atoms with van der Waals surface area (Å²) in [5, 5.41) is 0. The van der Waals surface area contributed by atoms with Crippen LogP contribution in [-0.4, -0.2) is 4.57 Å². The number of ether oxygens (including phenoxy) is 1. The number of benzene rings is 1. The van der Waals surface area contributed by atoms with Crippen molar-refractivity contribution >= 4 is 22.6 Å². The van der Waals surface area contributed by atoms with Gasteiger partial charge in [-0.1, -0.05) is 30.3 Å². The highest BCUT2D eigenvalue weighted by Gasteiger charge is 2.04. The van der Waals surface area contributed by atoms with E-state index in [9.17, 15) is 4.79 Å². The molecule has 17 heavy (non-hydrogen) atoms. The van der Waals surface area contributed by atoms with Gasteiger partial charge in [-0.3, -0.25) is 4.79 Å². The molecule has 0 saturated carbocycles. The van der Waals surface area contributed by atoms with Crippen molar-refractivity contribution in [1.29, 1.82) is 0 Å². The molecule has 0 radical (unpaired) electrons. The topological polar surface area (TPSA) is 31.2 Å². The molecule has 0 atom stereocenters. The molecular formula is C13H12INO2. The predicted octanol–water partition coefficient (Wildman–Crippen LogP) is 2.57.